The van der Waals surface area contributed by atoms with Gasteiger partial charge in [0.05, 0.1) is 29.4 Å². The van der Waals surface area contributed by atoms with Crippen molar-refractivity contribution in [3.63, 3.8) is 0 Å². The molecule has 0 unspecified atom stereocenters. The smallest absolute Gasteiger partial charge is 0.341 e. The maximum atomic E-state index is 13.5. The molecule has 1 heterocycles. The number of esters is 1. The van der Waals surface area contributed by atoms with E-state index in [2.05, 4.69) is 4.98 Å². The lowest BCUT2D eigenvalue weighted by molar-refractivity contribution is 0.0490. The molecule has 0 radical (unpaired) electrons. The Morgan fingerprint density at radius 3 is 2.71 bits per heavy atom. The second kappa shape index (κ2) is 7.04. The van der Waals surface area contributed by atoms with Crippen LogP contribution >= 0.6 is 0 Å². The van der Waals surface area contributed by atoms with E-state index >= 15 is 0 Å². The molecule has 0 atom stereocenters. The number of aromatic nitrogens is 2. The van der Waals surface area contributed by atoms with Crippen LogP contribution in [-0.4, -0.2) is 22.1 Å². The van der Waals surface area contributed by atoms with Crippen LogP contribution in [0.4, 0.5) is 4.39 Å². The van der Waals surface area contributed by atoms with E-state index in [1.165, 1.54) is 29.1 Å². The molecule has 3 aromatic rings. The van der Waals surface area contributed by atoms with Crippen molar-refractivity contribution in [2.45, 2.75) is 13.0 Å². The van der Waals surface area contributed by atoms with Crippen molar-refractivity contribution in [2.75, 3.05) is 6.61 Å². The van der Waals surface area contributed by atoms with Crippen molar-refractivity contribution >= 4 is 16.9 Å². The van der Waals surface area contributed by atoms with Gasteiger partial charge in [-0.2, -0.15) is 0 Å². The fraction of sp³-hybridized carbons (Fsp3) is 0.167. The number of nitrogens with zero attached hydrogens (tertiary/aromatic N) is 2. The van der Waals surface area contributed by atoms with Gasteiger partial charge in [-0.1, -0.05) is 24.3 Å². The highest BCUT2D eigenvalue weighted by Gasteiger charge is 2.12. The lowest BCUT2D eigenvalue weighted by Gasteiger charge is -2.08. The number of aryl methyl sites for hydroxylation is 1. The molecule has 24 heavy (non-hydrogen) atoms. The molecule has 3 rings (SSSR count). The van der Waals surface area contributed by atoms with Crippen molar-refractivity contribution < 1.29 is 13.9 Å². The number of rotatable bonds is 5. The molecule has 2 aromatic carbocycles. The Morgan fingerprint density at radius 2 is 1.88 bits per heavy atom. The van der Waals surface area contributed by atoms with Crippen molar-refractivity contribution in [1.29, 1.82) is 0 Å². The molecule has 1 aromatic heterocycles. The van der Waals surface area contributed by atoms with Gasteiger partial charge in [0.2, 0.25) is 0 Å². The van der Waals surface area contributed by atoms with Gasteiger partial charge < -0.3 is 4.74 Å². The monoisotopic (exact) mass is 326 g/mol. The summed E-state index contributed by atoms with van der Waals surface area (Å²) in [7, 11) is 0. The Bertz CT molecular complexity index is 937. The molecule has 0 N–H and O–H groups in total. The third-order valence-corrected chi connectivity index (χ3v) is 3.60. The number of fused-ring (bicyclic) bond motifs is 1. The number of hydrogen-bond donors (Lipinski definition) is 0. The van der Waals surface area contributed by atoms with Gasteiger partial charge in [-0.25, -0.2) is 14.2 Å². The molecule has 0 saturated carbocycles. The fourth-order valence-corrected chi connectivity index (χ4v) is 2.37. The first-order valence-electron chi connectivity index (χ1n) is 7.52. The molecular weight excluding hydrogens is 311 g/mol. The summed E-state index contributed by atoms with van der Waals surface area (Å²) in [5, 5.41) is 0.545. The summed E-state index contributed by atoms with van der Waals surface area (Å²) in [6.45, 7) is 0.452. The maximum absolute atomic E-state index is 13.5. The Balaban J connectivity index is 1.59. The van der Waals surface area contributed by atoms with E-state index in [-0.39, 0.29) is 17.7 Å². The predicted molar refractivity (Wildman–Crippen MR) is 87.3 cm³/mol. The van der Waals surface area contributed by atoms with Gasteiger partial charge >= 0.3 is 5.97 Å². The lowest BCUT2D eigenvalue weighted by atomic mass is 10.2. The van der Waals surface area contributed by atoms with Crippen molar-refractivity contribution in [2.24, 2.45) is 0 Å². The van der Waals surface area contributed by atoms with Gasteiger partial charge in [-0.3, -0.25) is 9.36 Å². The highest BCUT2D eigenvalue weighted by Crippen LogP contribution is 2.08. The number of benzene rings is 2. The predicted octanol–water partition coefficient (Wildman–Crippen LogP) is 2.78. The van der Waals surface area contributed by atoms with Crippen LogP contribution < -0.4 is 5.56 Å². The van der Waals surface area contributed by atoms with Gasteiger partial charge in [0.25, 0.3) is 5.56 Å². The molecule has 0 aliphatic rings. The molecule has 0 amide bonds. The average molecular weight is 326 g/mol. The van der Waals surface area contributed by atoms with E-state index in [4.69, 9.17) is 4.74 Å². The molecule has 0 aliphatic heterocycles. The number of carbonyl (C=O) groups is 1. The third-order valence-electron chi connectivity index (χ3n) is 3.60. The molecule has 0 spiro atoms. The topological polar surface area (TPSA) is 61.2 Å². The lowest BCUT2D eigenvalue weighted by Crippen LogP contribution is -2.21. The number of para-hydroxylation sites is 1. The van der Waals surface area contributed by atoms with E-state index in [1.54, 1.807) is 24.3 Å². The van der Waals surface area contributed by atoms with Gasteiger partial charge in [0, 0.05) is 6.54 Å². The zero-order valence-electron chi connectivity index (χ0n) is 12.8. The highest BCUT2D eigenvalue weighted by atomic mass is 19.1. The zero-order valence-corrected chi connectivity index (χ0v) is 12.8. The van der Waals surface area contributed by atoms with Crippen LogP contribution in [0.25, 0.3) is 10.9 Å². The molecular formula is C18H15FN2O3. The minimum Gasteiger partial charge on any atom is -0.462 e. The highest BCUT2D eigenvalue weighted by molar-refractivity contribution is 5.89. The molecule has 122 valence electrons. The van der Waals surface area contributed by atoms with Crippen LogP contribution in [0.2, 0.25) is 0 Å². The van der Waals surface area contributed by atoms with Crippen molar-refractivity contribution in [1.82, 2.24) is 9.55 Å². The first-order chi connectivity index (χ1) is 11.7. The Labute approximate surface area is 137 Å². The summed E-state index contributed by atoms with van der Waals surface area (Å²) in [6, 6.07) is 12.8. The summed E-state index contributed by atoms with van der Waals surface area (Å²) in [5.41, 5.74) is 0.410. The zero-order chi connectivity index (χ0) is 16.9. The summed E-state index contributed by atoms with van der Waals surface area (Å²) in [4.78, 5) is 28.3. The van der Waals surface area contributed by atoms with Crippen molar-refractivity contribution in [3.05, 3.63) is 76.6 Å². The first kappa shape index (κ1) is 15.9. The first-order valence-corrected chi connectivity index (χ1v) is 7.52. The van der Waals surface area contributed by atoms with Crippen molar-refractivity contribution in [3.8, 4) is 0 Å². The summed E-state index contributed by atoms with van der Waals surface area (Å²) < 4.78 is 20.0. The quantitative estimate of drug-likeness (QED) is 0.534. The number of ether oxygens (including phenoxy) is 1. The number of halogens is 1. The molecule has 0 fully saturated rings. The Hall–Kier alpha value is -3.02. The fourth-order valence-electron chi connectivity index (χ4n) is 2.37. The van der Waals surface area contributed by atoms with Gasteiger partial charge in [-0.15, -0.1) is 0 Å². The molecule has 0 aliphatic carbocycles. The standard InChI is InChI=1S/C18H15FN2O3/c19-15-8-3-1-6-13(15)18(23)24-11-5-10-21-12-20-16-9-4-2-7-14(16)17(21)22/h1-4,6-9,12H,5,10-11H2. The second-order valence-electron chi connectivity index (χ2n) is 5.23. The van der Waals surface area contributed by atoms with Crippen LogP contribution in [0.1, 0.15) is 16.8 Å². The maximum Gasteiger partial charge on any atom is 0.341 e. The van der Waals surface area contributed by atoms with Crippen LogP contribution in [0.15, 0.2) is 59.7 Å². The third kappa shape index (κ3) is 3.32. The van der Waals surface area contributed by atoms with E-state index in [9.17, 15) is 14.0 Å². The minimum atomic E-state index is -0.711. The van der Waals surface area contributed by atoms with E-state index < -0.39 is 11.8 Å². The van der Waals surface area contributed by atoms with E-state index in [1.807, 2.05) is 6.07 Å². The van der Waals surface area contributed by atoms with Crippen LogP contribution in [-0.2, 0) is 11.3 Å². The van der Waals surface area contributed by atoms with Crippen LogP contribution in [0.5, 0.6) is 0 Å². The second-order valence-corrected chi connectivity index (χ2v) is 5.23. The summed E-state index contributed by atoms with van der Waals surface area (Å²) in [6.07, 6.45) is 1.91. The number of carbonyl (C=O) groups excluding carboxylic acids is 1. The molecule has 5 nitrogen and oxygen atoms in total. The molecule has 0 saturated heterocycles. The van der Waals surface area contributed by atoms with E-state index in [0.717, 1.165) is 0 Å². The Kier molecular flexibility index (Phi) is 4.65. The molecule has 6 heteroatoms. The van der Waals surface area contributed by atoms with Crippen LogP contribution in [0.3, 0.4) is 0 Å². The van der Waals surface area contributed by atoms with Gasteiger partial charge in [0.1, 0.15) is 5.82 Å². The normalized spacial score (nSPS) is 10.7. The van der Waals surface area contributed by atoms with E-state index in [0.29, 0.717) is 23.9 Å². The van der Waals surface area contributed by atoms with Gasteiger partial charge in [0.15, 0.2) is 0 Å². The largest absolute Gasteiger partial charge is 0.462 e. The number of hydrogen-bond acceptors (Lipinski definition) is 4. The SMILES string of the molecule is O=C(OCCCn1cnc2ccccc2c1=O)c1ccccc1F. The summed E-state index contributed by atoms with van der Waals surface area (Å²) >= 11 is 0. The minimum absolute atomic E-state index is 0.0897. The molecule has 0 bridgehead atoms. The Morgan fingerprint density at radius 1 is 1.12 bits per heavy atom. The van der Waals surface area contributed by atoms with Gasteiger partial charge in [-0.05, 0) is 30.7 Å². The van der Waals surface area contributed by atoms with Crippen LogP contribution in [0, 0.1) is 5.82 Å². The summed E-state index contributed by atoms with van der Waals surface area (Å²) in [5.74, 6) is -1.32. The average Bonchev–Trinajstić information content (AvgIpc) is 2.61.